The SMILES string of the molecule is C=Cc1ccc(OS(=O)(=O)CCCOc2cc(F)c(S(=O)(=O)O)cc2[N+](=O)[O-])c2ccccc12.C=Cc1ccc(OS(=O)(=O)CCOc2c(F)c(F)c(S(=O)(=O)O)c(F)c2F)cc1. The number of hydrogen-bond acceptors (Lipinski definition) is 14. The third-order valence-corrected chi connectivity index (χ3v) is 12.1. The maximum absolute atomic E-state index is 13.9. The fraction of sp³-hybridized carbons (Fsp3) is 0.135. The summed E-state index contributed by atoms with van der Waals surface area (Å²) in [6.45, 7) is 5.85. The molecule has 0 saturated heterocycles. The van der Waals surface area contributed by atoms with Crippen molar-refractivity contribution in [3.8, 4) is 23.0 Å². The van der Waals surface area contributed by atoms with Crippen LogP contribution >= 0.6 is 0 Å². The largest absolute Gasteiger partial charge is 0.487 e. The van der Waals surface area contributed by atoms with Gasteiger partial charge in [-0.1, -0.05) is 67.8 Å². The lowest BCUT2D eigenvalue weighted by atomic mass is 10.0. The van der Waals surface area contributed by atoms with E-state index in [-0.39, 0.29) is 24.5 Å². The summed E-state index contributed by atoms with van der Waals surface area (Å²) >= 11 is 0. The number of rotatable bonds is 18. The Morgan fingerprint density at radius 2 is 1.24 bits per heavy atom. The number of hydrogen-bond donors (Lipinski definition) is 2. The first-order chi connectivity index (χ1) is 29.3. The van der Waals surface area contributed by atoms with E-state index in [9.17, 15) is 65.7 Å². The van der Waals surface area contributed by atoms with Gasteiger partial charge in [0.2, 0.25) is 11.6 Å². The first kappa shape index (κ1) is 49.5. The van der Waals surface area contributed by atoms with Crippen LogP contribution in [0, 0.1) is 39.2 Å². The molecule has 0 heterocycles. The Morgan fingerprint density at radius 1 is 0.651 bits per heavy atom. The molecule has 0 aliphatic rings. The number of fused-ring (bicyclic) bond motifs is 1. The molecule has 0 fully saturated rings. The predicted molar refractivity (Wildman–Crippen MR) is 214 cm³/mol. The summed E-state index contributed by atoms with van der Waals surface area (Å²) < 4.78 is 199. The molecule has 0 atom stereocenters. The summed E-state index contributed by atoms with van der Waals surface area (Å²) in [6.07, 6.45) is 2.95. The van der Waals surface area contributed by atoms with Crippen LogP contribution in [0.2, 0.25) is 0 Å². The Bertz CT molecular complexity index is 3010. The van der Waals surface area contributed by atoms with Crippen LogP contribution in [-0.4, -0.2) is 72.4 Å². The molecular weight excluding hydrogens is 938 g/mol. The average Bonchev–Trinajstić information content (AvgIpc) is 3.19. The highest BCUT2D eigenvalue weighted by molar-refractivity contribution is 7.87. The number of benzene rings is 5. The lowest BCUT2D eigenvalue weighted by molar-refractivity contribution is -0.386. The Hall–Kier alpha value is -6.19. The van der Waals surface area contributed by atoms with Gasteiger partial charge in [0, 0.05) is 17.5 Å². The summed E-state index contributed by atoms with van der Waals surface area (Å²) in [5.41, 5.74) is 0.561. The normalized spacial score (nSPS) is 11.9. The van der Waals surface area contributed by atoms with Crippen molar-refractivity contribution in [1.82, 2.24) is 0 Å². The van der Waals surface area contributed by atoms with Gasteiger partial charge in [0.15, 0.2) is 28.0 Å². The van der Waals surface area contributed by atoms with Gasteiger partial charge in [0.05, 0.1) is 17.3 Å². The predicted octanol–water partition coefficient (Wildman–Crippen LogP) is 6.87. The molecule has 2 N–H and O–H groups in total. The Kier molecular flexibility index (Phi) is 15.6. The van der Waals surface area contributed by atoms with E-state index in [1.165, 1.54) is 36.4 Å². The summed E-state index contributed by atoms with van der Waals surface area (Å²) in [7, 11) is -19.1. The molecule has 0 aromatic heterocycles. The Morgan fingerprint density at radius 3 is 1.78 bits per heavy atom. The molecule has 5 rings (SSSR count). The highest BCUT2D eigenvalue weighted by Gasteiger charge is 2.33. The van der Waals surface area contributed by atoms with E-state index in [1.807, 2.05) is 0 Å². The molecule has 0 amide bonds. The van der Waals surface area contributed by atoms with Crippen molar-refractivity contribution in [2.75, 3.05) is 24.7 Å². The fourth-order valence-electron chi connectivity index (χ4n) is 5.16. The molecule has 17 nitrogen and oxygen atoms in total. The second kappa shape index (κ2) is 19.9. The number of nitro groups is 1. The molecule has 0 saturated carbocycles. The number of ether oxygens (including phenoxy) is 2. The third kappa shape index (κ3) is 12.7. The van der Waals surface area contributed by atoms with Crippen LogP contribution in [0.25, 0.3) is 22.9 Å². The minimum absolute atomic E-state index is 0.0810. The van der Waals surface area contributed by atoms with Crippen LogP contribution < -0.4 is 17.8 Å². The van der Waals surface area contributed by atoms with Crippen LogP contribution in [0.4, 0.5) is 27.6 Å². The van der Waals surface area contributed by atoms with Crippen LogP contribution in [-0.2, 0) is 40.5 Å². The summed E-state index contributed by atoms with van der Waals surface area (Å²) in [6, 6.07) is 16.5. The standard InChI is InChI=1S/C21H18FNO9S2.C16H12F4O7S2/c1-2-14-8-9-19(16-7-4-3-6-15(14)16)32-33(26,27)11-5-10-31-20-12-17(22)21(34(28,29)30)13-18(20)23(24)25;1-2-9-3-5-10(6-4-9)27-28(21,22)8-7-26-15-11(17)13(19)16(29(23,24)25)14(20)12(15)18/h2-4,6-9,12-13H,1,5,10-11H2,(H,28,29,30);2-6H,1,7-8H2,(H,23,24,25). The lowest BCUT2D eigenvalue weighted by Crippen LogP contribution is -2.20. The Labute approximate surface area is 355 Å². The van der Waals surface area contributed by atoms with E-state index < -0.39 is 120 Å². The molecule has 0 bridgehead atoms. The van der Waals surface area contributed by atoms with E-state index in [4.69, 9.17) is 22.2 Å². The van der Waals surface area contributed by atoms with Crippen molar-refractivity contribution in [3.05, 3.63) is 136 Å². The van der Waals surface area contributed by atoms with Crippen molar-refractivity contribution in [2.24, 2.45) is 0 Å². The number of nitro benzene ring substituents is 1. The minimum Gasteiger partial charge on any atom is -0.487 e. The summed E-state index contributed by atoms with van der Waals surface area (Å²) in [5.74, 6) is -14.6. The quantitative estimate of drug-likeness (QED) is 0.0173. The van der Waals surface area contributed by atoms with Gasteiger partial charge in [-0.15, -0.1) is 0 Å². The first-order valence-electron chi connectivity index (χ1n) is 17.1. The van der Waals surface area contributed by atoms with Gasteiger partial charge in [0.1, 0.15) is 34.6 Å². The van der Waals surface area contributed by atoms with Crippen LogP contribution in [0.3, 0.4) is 0 Å². The zero-order valence-corrected chi connectivity index (χ0v) is 34.9. The lowest BCUT2D eigenvalue weighted by Gasteiger charge is -2.12. The van der Waals surface area contributed by atoms with Crippen LogP contribution in [0.1, 0.15) is 17.5 Å². The van der Waals surface area contributed by atoms with Crippen molar-refractivity contribution < 1.29 is 87.5 Å². The minimum atomic E-state index is -5.62. The Balaban J connectivity index is 0.000000280. The van der Waals surface area contributed by atoms with Crippen LogP contribution in [0.5, 0.6) is 23.0 Å². The molecule has 0 unspecified atom stereocenters. The molecule has 26 heteroatoms. The van der Waals surface area contributed by atoms with Crippen molar-refractivity contribution in [3.63, 3.8) is 0 Å². The molecule has 338 valence electrons. The highest BCUT2D eigenvalue weighted by Crippen LogP contribution is 2.34. The van der Waals surface area contributed by atoms with E-state index in [0.29, 0.717) is 23.1 Å². The van der Waals surface area contributed by atoms with Crippen molar-refractivity contribution in [1.29, 1.82) is 0 Å². The molecular formula is C37H30F5NO16S4. The van der Waals surface area contributed by atoms with Gasteiger partial charge >= 0.3 is 36.0 Å². The van der Waals surface area contributed by atoms with E-state index >= 15 is 0 Å². The number of halogens is 5. The molecule has 0 aliphatic heterocycles. The average molecular weight is 968 g/mol. The van der Waals surface area contributed by atoms with E-state index in [1.54, 1.807) is 36.4 Å². The van der Waals surface area contributed by atoms with Gasteiger partial charge in [-0.25, -0.2) is 13.2 Å². The topological polar surface area (TPSA) is 257 Å². The molecule has 5 aromatic rings. The van der Waals surface area contributed by atoms with E-state index in [0.717, 1.165) is 10.9 Å². The van der Waals surface area contributed by atoms with E-state index in [2.05, 4.69) is 17.9 Å². The molecule has 0 aliphatic carbocycles. The zero-order valence-electron chi connectivity index (χ0n) is 31.6. The second-order valence-corrected chi connectivity index (χ2v) is 18.4. The van der Waals surface area contributed by atoms with Gasteiger partial charge in [0.25, 0.3) is 10.1 Å². The zero-order chi connectivity index (χ0) is 47.1. The summed E-state index contributed by atoms with van der Waals surface area (Å²) in [5, 5.41) is 12.5. The highest BCUT2D eigenvalue weighted by atomic mass is 32.2. The maximum atomic E-state index is 13.9. The second-order valence-electron chi connectivity index (χ2n) is 12.3. The molecule has 63 heavy (non-hydrogen) atoms. The summed E-state index contributed by atoms with van der Waals surface area (Å²) in [4.78, 5) is 6.62. The van der Waals surface area contributed by atoms with Gasteiger partial charge in [-0.2, -0.15) is 42.5 Å². The van der Waals surface area contributed by atoms with Crippen molar-refractivity contribution in [2.45, 2.75) is 16.2 Å². The number of nitrogens with zero attached hydrogens (tertiary/aromatic N) is 1. The maximum Gasteiger partial charge on any atom is 0.312 e. The van der Waals surface area contributed by atoms with Gasteiger partial charge < -0.3 is 17.8 Å². The monoisotopic (exact) mass is 967 g/mol. The molecule has 5 aromatic carbocycles. The van der Waals surface area contributed by atoms with Gasteiger partial charge in [-0.05, 0) is 41.1 Å². The van der Waals surface area contributed by atoms with Gasteiger partial charge in [-0.3, -0.25) is 19.2 Å². The smallest absolute Gasteiger partial charge is 0.312 e. The first-order valence-corrected chi connectivity index (χ1v) is 23.1. The third-order valence-electron chi connectivity index (χ3n) is 8.00. The van der Waals surface area contributed by atoms with Crippen molar-refractivity contribution >= 4 is 69.1 Å². The molecule has 0 spiro atoms. The molecule has 0 radical (unpaired) electrons. The van der Waals surface area contributed by atoms with Crippen LogP contribution in [0.15, 0.2) is 95.7 Å². The fourth-order valence-corrected chi connectivity index (χ4v) is 8.11.